The third-order valence-corrected chi connectivity index (χ3v) is 5.39. The number of carbonyl (C=O) groups is 2. The van der Waals surface area contributed by atoms with Gasteiger partial charge >= 0.3 is 12.1 Å². The summed E-state index contributed by atoms with van der Waals surface area (Å²) in [7, 11) is 1.57. The highest BCUT2D eigenvalue weighted by molar-refractivity contribution is 7.19. The Morgan fingerprint density at radius 3 is 2.44 bits per heavy atom. The number of carboxylic acid groups (broad SMARTS) is 1. The molecule has 0 saturated heterocycles. The van der Waals surface area contributed by atoms with Crippen LogP contribution in [0.5, 0.6) is 5.75 Å². The molecule has 1 N–H and O–H groups in total. The number of carbonyl (C=O) groups excluding carboxylic acids is 1. The summed E-state index contributed by atoms with van der Waals surface area (Å²) >= 11 is 1.18. The van der Waals surface area contributed by atoms with Gasteiger partial charge in [-0.2, -0.15) is 0 Å². The van der Waals surface area contributed by atoms with E-state index in [1.165, 1.54) is 34.6 Å². The predicted molar refractivity (Wildman–Crippen MR) is 120 cm³/mol. The number of halogens is 1. The number of anilines is 1. The fourth-order valence-corrected chi connectivity index (χ4v) is 3.71. The molecule has 0 aliphatic rings. The van der Waals surface area contributed by atoms with Gasteiger partial charge in [-0.05, 0) is 56.2 Å². The molecular formula is C23H23FN2O5S. The molecule has 0 atom stereocenters. The van der Waals surface area contributed by atoms with E-state index in [0.717, 1.165) is 11.6 Å². The summed E-state index contributed by atoms with van der Waals surface area (Å²) in [4.78, 5) is 30.5. The Morgan fingerprint density at radius 1 is 1.16 bits per heavy atom. The number of benzene rings is 2. The summed E-state index contributed by atoms with van der Waals surface area (Å²) in [6, 6.07) is 11.1. The molecule has 168 valence electrons. The van der Waals surface area contributed by atoms with Crippen molar-refractivity contribution in [2.75, 3.05) is 12.0 Å². The van der Waals surface area contributed by atoms with E-state index in [4.69, 9.17) is 9.47 Å². The van der Waals surface area contributed by atoms with Gasteiger partial charge in [-0.15, -0.1) is 0 Å². The normalized spacial score (nSPS) is 11.2. The maximum absolute atomic E-state index is 13.8. The maximum Gasteiger partial charge on any atom is 0.416 e. The lowest BCUT2D eigenvalue weighted by Crippen LogP contribution is -2.36. The molecule has 0 saturated carbocycles. The number of rotatable bonds is 6. The zero-order valence-corrected chi connectivity index (χ0v) is 18.9. The summed E-state index contributed by atoms with van der Waals surface area (Å²) < 4.78 is 24.5. The monoisotopic (exact) mass is 458 g/mol. The Bertz CT molecular complexity index is 1120. The van der Waals surface area contributed by atoms with Gasteiger partial charge in [0.2, 0.25) is 0 Å². The third kappa shape index (κ3) is 5.61. The highest BCUT2D eigenvalue weighted by atomic mass is 32.1. The maximum atomic E-state index is 13.8. The van der Waals surface area contributed by atoms with Gasteiger partial charge in [-0.3, -0.25) is 0 Å². The van der Waals surface area contributed by atoms with Gasteiger partial charge in [0, 0.05) is 6.20 Å². The van der Waals surface area contributed by atoms with Gasteiger partial charge in [0.15, 0.2) is 5.13 Å². The number of aromatic nitrogens is 1. The quantitative estimate of drug-likeness (QED) is 0.517. The van der Waals surface area contributed by atoms with Gasteiger partial charge in [0.25, 0.3) is 0 Å². The first kappa shape index (κ1) is 23.2. The zero-order chi connectivity index (χ0) is 23.5. The van der Waals surface area contributed by atoms with Crippen LogP contribution < -0.4 is 9.64 Å². The van der Waals surface area contributed by atoms with Crippen molar-refractivity contribution >= 4 is 28.5 Å². The first-order chi connectivity index (χ1) is 15.1. The fraction of sp³-hybridized carbons (Fsp3) is 0.261. The average Bonchev–Trinajstić information content (AvgIpc) is 3.21. The molecular weight excluding hydrogens is 435 g/mol. The molecule has 1 amide bonds. The highest BCUT2D eigenvalue weighted by Crippen LogP contribution is 2.33. The van der Waals surface area contributed by atoms with Crippen molar-refractivity contribution in [3.8, 4) is 16.2 Å². The molecule has 3 aromatic rings. The second-order valence-electron chi connectivity index (χ2n) is 7.92. The molecule has 2 aromatic carbocycles. The van der Waals surface area contributed by atoms with E-state index in [1.807, 2.05) is 12.1 Å². The number of hydrogen-bond donors (Lipinski definition) is 1. The van der Waals surface area contributed by atoms with Crippen molar-refractivity contribution in [2.24, 2.45) is 0 Å². The minimum atomic E-state index is -1.36. The van der Waals surface area contributed by atoms with Crippen molar-refractivity contribution in [1.82, 2.24) is 4.98 Å². The van der Waals surface area contributed by atoms with Crippen LogP contribution in [-0.2, 0) is 11.3 Å². The van der Waals surface area contributed by atoms with Crippen LogP contribution in [0.3, 0.4) is 0 Å². The number of ether oxygens (including phenoxy) is 2. The SMILES string of the molecule is COc1ccc(CN(C(=O)OC(C)(C)C)c2ncc(-c3ccc(F)c(C(=O)O)c3)s2)cc1. The van der Waals surface area contributed by atoms with Crippen LogP contribution in [0.2, 0.25) is 0 Å². The number of methoxy groups -OCH3 is 1. The minimum Gasteiger partial charge on any atom is -0.497 e. The standard InChI is InChI=1S/C23H23FN2O5S/c1-23(2,3)31-22(29)26(13-14-5-8-16(30-4)9-6-14)21-25-12-19(32-21)15-7-10-18(24)17(11-15)20(27)28/h5-12H,13H2,1-4H3,(H,27,28). The van der Waals surface area contributed by atoms with E-state index < -0.39 is 29.0 Å². The zero-order valence-electron chi connectivity index (χ0n) is 18.1. The lowest BCUT2D eigenvalue weighted by atomic mass is 10.1. The molecule has 0 bridgehead atoms. The Balaban J connectivity index is 1.94. The number of hydrogen-bond acceptors (Lipinski definition) is 6. The first-order valence-electron chi connectivity index (χ1n) is 9.70. The van der Waals surface area contributed by atoms with Gasteiger partial charge in [-0.25, -0.2) is 23.9 Å². The first-order valence-corrected chi connectivity index (χ1v) is 10.5. The number of aromatic carboxylic acids is 1. The predicted octanol–water partition coefficient (Wildman–Crippen LogP) is 5.60. The van der Waals surface area contributed by atoms with Crippen LogP contribution in [0, 0.1) is 5.82 Å². The lowest BCUT2D eigenvalue weighted by molar-refractivity contribution is 0.0576. The summed E-state index contributed by atoms with van der Waals surface area (Å²) in [5, 5.41) is 9.55. The van der Waals surface area contributed by atoms with Crippen molar-refractivity contribution < 1.29 is 28.6 Å². The smallest absolute Gasteiger partial charge is 0.416 e. The number of thiazole rings is 1. The minimum absolute atomic E-state index is 0.204. The molecule has 1 heterocycles. The van der Waals surface area contributed by atoms with E-state index in [-0.39, 0.29) is 6.54 Å². The second kappa shape index (κ2) is 9.35. The highest BCUT2D eigenvalue weighted by Gasteiger charge is 2.26. The fourth-order valence-electron chi connectivity index (χ4n) is 2.81. The van der Waals surface area contributed by atoms with Crippen LogP contribution in [-0.4, -0.2) is 34.9 Å². The molecule has 7 nitrogen and oxygen atoms in total. The third-order valence-electron chi connectivity index (χ3n) is 4.32. The average molecular weight is 459 g/mol. The van der Waals surface area contributed by atoms with Crippen LogP contribution in [0.4, 0.5) is 14.3 Å². The second-order valence-corrected chi connectivity index (χ2v) is 8.93. The largest absolute Gasteiger partial charge is 0.497 e. The number of carboxylic acids is 1. The molecule has 9 heteroatoms. The van der Waals surface area contributed by atoms with Gasteiger partial charge in [-0.1, -0.05) is 29.5 Å². The van der Waals surface area contributed by atoms with E-state index in [0.29, 0.717) is 21.3 Å². The topological polar surface area (TPSA) is 89.0 Å². The van der Waals surface area contributed by atoms with Gasteiger partial charge in [0.05, 0.1) is 24.1 Å². The van der Waals surface area contributed by atoms with Crippen LogP contribution >= 0.6 is 11.3 Å². The van der Waals surface area contributed by atoms with E-state index >= 15 is 0 Å². The van der Waals surface area contributed by atoms with Crippen LogP contribution in [0.25, 0.3) is 10.4 Å². The molecule has 0 fully saturated rings. The lowest BCUT2D eigenvalue weighted by Gasteiger charge is -2.26. The molecule has 0 unspecified atom stereocenters. The van der Waals surface area contributed by atoms with E-state index in [1.54, 1.807) is 40.0 Å². The molecule has 32 heavy (non-hydrogen) atoms. The van der Waals surface area contributed by atoms with E-state index in [9.17, 15) is 19.1 Å². The number of nitrogens with zero attached hydrogens (tertiary/aromatic N) is 2. The Hall–Kier alpha value is -3.46. The van der Waals surface area contributed by atoms with Crippen molar-refractivity contribution in [2.45, 2.75) is 32.9 Å². The molecule has 3 rings (SSSR count). The summed E-state index contributed by atoms with van der Waals surface area (Å²) in [5.41, 5.74) is 0.187. The molecule has 0 spiro atoms. The number of amides is 1. The Kier molecular flexibility index (Phi) is 6.78. The van der Waals surface area contributed by atoms with Gasteiger partial charge in [0.1, 0.15) is 17.2 Å². The summed E-state index contributed by atoms with van der Waals surface area (Å²) in [6.45, 7) is 5.52. The molecule has 0 aliphatic heterocycles. The summed E-state index contributed by atoms with van der Waals surface area (Å²) in [6.07, 6.45) is 0.948. The van der Waals surface area contributed by atoms with Crippen LogP contribution in [0.1, 0.15) is 36.7 Å². The van der Waals surface area contributed by atoms with Crippen molar-refractivity contribution in [3.63, 3.8) is 0 Å². The van der Waals surface area contributed by atoms with Crippen LogP contribution in [0.15, 0.2) is 48.7 Å². The molecule has 1 aromatic heterocycles. The van der Waals surface area contributed by atoms with Crippen molar-refractivity contribution in [3.05, 3.63) is 65.6 Å². The van der Waals surface area contributed by atoms with E-state index in [2.05, 4.69) is 4.98 Å². The Morgan fingerprint density at radius 2 is 1.84 bits per heavy atom. The molecule has 0 radical (unpaired) electrons. The molecule has 0 aliphatic carbocycles. The van der Waals surface area contributed by atoms with Gasteiger partial charge < -0.3 is 14.6 Å². The Labute approximate surface area is 189 Å². The summed E-state index contributed by atoms with van der Waals surface area (Å²) in [5.74, 6) is -1.48. The van der Waals surface area contributed by atoms with Crippen molar-refractivity contribution in [1.29, 1.82) is 0 Å².